The molecule has 176 valence electrons. The minimum atomic E-state index is -0.896. The molecule has 0 spiro atoms. The van der Waals surface area contributed by atoms with E-state index in [4.69, 9.17) is 0 Å². The number of nitrogens with zero attached hydrogens (tertiary/aromatic N) is 2. The molecule has 0 saturated carbocycles. The van der Waals surface area contributed by atoms with Crippen LogP contribution in [-0.4, -0.2) is 37.0 Å². The Bertz CT molecular complexity index is 1040. The summed E-state index contributed by atoms with van der Waals surface area (Å²) in [6, 6.07) is 13.5. The van der Waals surface area contributed by atoms with Crippen molar-refractivity contribution in [2.45, 2.75) is 47.6 Å². The Balaban J connectivity index is 1.97. The molecule has 1 aliphatic rings. The molecule has 33 heavy (non-hydrogen) atoms. The third-order valence-electron chi connectivity index (χ3n) is 5.41. The standard InChI is InChI=1S/C26H34N4O3/c1-17(2)15-29-21-12-7-8-13-22(21)30(24(32)26(4,5)6)16-20(23(29)31)28-25(33)27-19-11-9-10-18(3)14-19/h7-14,17,20H,15-16H2,1-6H3,(H2,27,28,33). The number of fused-ring (bicyclic) bond motifs is 1. The second-order valence-corrected chi connectivity index (χ2v) is 10.0. The van der Waals surface area contributed by atoms with Gasteiger partial charge >= 0.3 is 6.03 Å². The highest BCUT2D eigenvalue weighted by molar-refractivity contribution is 6.09. The molecule has 2 aromatic carbocycles. The average molecular weight is 451 g/mol. The van der Waals surface area contributed by atoms with Crippen LogP contribution < -0.4 is 20.4 Å². The fourth-order valence-corrected chi connectivity index (χ4v) is 3.89. The van der Waals surface area contributed by atoms with Crippen molar-refractivity contribution in [3.8, 4) is 0 Å². The van der Waals surface area contributed by atoms with E-state index in [1.54, 1.807) is 15.9 Å². The molecule has 0 saturated heterocycles. The lowest BCUT2D eigenvalue weighted by Gasteiger charge is -2.31. The molecule has 1 heterocycles. The Morgan fingerprint density at radius 3 is 2.33 bits per heavy atom. The van der Waals surface area contributed by atoms with E-state index in [9.17, 15) is 14.4 Å². The minimum Gasteiger partial charge on any atom is -0.324 e. The molecule has 1 aliphatic heterocycles. The van der Waals surface area contributed by atoms with Crippen molar-refractivity contribution in [3.05, 3.63) is 54.1 Å². The van der Waals surface area contributed by atoms with Gasteiger partial charge in [0.1, 0.15) is 6.04 Å². The van der Waals surface area contributed by atoms with Crippen LogP contribution in [0.2, 0.25) is 0 Å². The molecule has 1 atom stereocenters. The second kappa shape index (κ2) is 9.65. The van der Waals surface area contributed by atoms with Gasteiger partial charge in [0.2, 0.25) is 5.91 Å². The van der Waals surface area contributed by atoms with Gasteiger partial charge in [-0.1, -0.05) is 58.9 Å². The van der Waals surface area contributed by atoms with E-state index in [1.165, 1.54) is 0 Å². The zero-order valence-corrected chi connectivity index (χ0v) is 20.3. The third kappa shape index (κ3) is 5.72. The van der Waals surface area contributed by atoms with Crippen LogP contribution in [0, 0.1) is 18.3 Å². The van der Waals surface area contributed by atoms with Crippen LogP contribution in [0.15, 0.2) is 48.5 Å². The molecule has 4 amide bonds. The van der Waals surface area contributed by atoms with Crippen LogP contribution in [0.1, 0.15) is 40.2 Å². The lowest BCUT2D eigenvalue weighted by atomic mass is 9.94. The summed E-state index contributed by atoms with van der Waals surface area (Å²) in [5.74, 6) is -0.145. The summed E-state index contributed by atoms with van der Waals surface area (Å²) < 4.78 is 0. The predicted octanol–water partition coefficient (Wildman–Crippen LogP) is 4.57. The number of amides is 4. The molecular weight excluding hydrogens is 416 g/mol. The van der Waals surface area contributed by atoms with E-state index in [-0.39, 0.29) is 24.3 Å². The molecule has 2 N–H and O–H groups in total. The van der Waals surface area contributed by atoms with Gasteiger partial charge < -0.3 is 20.4 Å². The minimum absolute atomic E-state index is 0.0573. The van der Waals surface area contributed by atoms with Gasteiger partial charge in [-0.2, -0.15) is 0 Å². The molecular formula is C26H34N4O3. The van der Waals surface area contributed by atoms with Gasteiger partial charge in [0.25, 0.3) is 5.91 Å². The van der Waals surface area contributed by atoms with Crippen molar-refractivity contribution in [3.63, 3.8) is 0 Å². The fraction of sp³-hybridized carbons (Fsp3) is 0.423. The number of benzene rings is 2. The van der Waals surface area contributed by atoms with Crippen molar-refractivity contribution in [2.75, 3.05) is 28.2 Å². The molecule has 0 aliphatic carbocycles. The Kier molecular flexibility index (Phi) is 7.10. The highest BCUT2D eigenvalue weighted by Crippen LogP contribution is 2.35. The number of carbonyl (C=O) groups is 3. The predicted molar refractivity (Wildman–Crippen MR) is 133 cm³/mol. The van der Waals surface area contributed by atoms with Crippen molar-refractivity contribution in [2.24, 2.45) is 11.3 Å². The number of hydrogen-bond donors (Lipinski definition) is 2. The second-order valence-electron chi connectivity index (χ2n) is 10.0. The zero-order valence-electron chi connectivity index (χ0n) is 20.3. The average Bonchev–Trinajstić information content (AvgIpc) is 2.83. The highest BCUT2D eigenvalue weighted by Gasteiger charge is 2.39. The summed E-state index contributed by atoms with van der Waals surface area (Å²) in [7, 11) is 0. The van der Waals surface area contributed by atoms with E-state index in [0.29, 0.717) is 23.6 Å². The zero-order chi connectivity index (χ0) is 24.3. The Labute approximate surface area is 196 Å². The van der Waals surface area contributed by atoms with Gasteiger partial charge in [0.15, 0.2) is 0 Å². The maximum Gasteiger partial charge on any atom is 0.319 e. The van der Waals surface area contributed by atoms with E-state index in [1.807, 2.05) is 84.0 Å². The van der Waals surface area contributed by atoms with Gasteiger partial charge in [-0.25, -0.2) is 4.79 Å². The van der Waals surface area contributed by atoms with E-state index in [0.717, 1.165) is 5.56 Å². The SMILES string of the molecule is Cc1cccc(NC(=O)NC2CN(C(=O)C(C)(C)C)c3ccccc3N(CC(C)C)C2=O)c1. The molecule has 7 heteroatoms. The van der Waals surface area contributed by atoms with E-state index in [2.05, 4.69) is 10.6 Å². The van der Waals surface area contributed by atoms with Gasteiger partial charge in [-0.15, -0.1) is 0 Å². The maximum absolute atomic E-state index is 13.6. The molecule has 1 unspecified atom stereocenters. The summed E-state index contributed by atoms with van der Waals surface area (Å²) in [5, 5.41) is 5.61. The van der Waals surface area contributed by atoms with Crippen molar-refractivity contribution in [1.82, 2.24) is 5.32 Å². The smallest absolute Gasteiger partial charge is 0.319 e. The first-order chi connectivity index (χ1) is 15.5. The fourth-order valence-electron chi connectivity index (χ4n) is 3.89. The van der Waals surface area contributed by atoms with Crippen LogP contribution in [-0.2, 0) is 9.59 Å². The third-order valence-corrected chi connectivity index (χ3v) is 5.41. The monoisotopic (exact) mass is 450 g/mol. The van der Waals surface area contributed by atoms with Gasteiger partial charge in [-0.3, -0.25) is 9.59 Å². The molecule has 7 nitrogen and oxygen atoms in total. The van der Waals surface area contributed by atoms with Crippen LogP contribution in [0.4, 0.5) is 21.9 Å². The summed E-state index contributed by atoms with van der Waals surface area (Å²) in [5.41, 5.74) is 2.35. The number of carbonyl (C=O) groups excluding carboxylic acids is 3. The van der Waals surface area contributed by atoms with E-state index < -0.39 is 17.5 Å². The Hall–Kier alpha value is -3.35. The number of aryl methyl sites for hydroxylation is 1. The van der Waals surface area contributed by atoms with Crippen molar-refractivity contribution in [1.29, 1.82) is 0 Å². The highest BCUT2D eigenvalue weighted by atomic mass is 16.2. The Morgan fingerprint density at radius 1 is 1.06 bits per heavy atom. The van der Waals surface area contributed by atoms with Crippen LogP contribution in [0.25, 0.3) is 0 Å². The molecule has 0 radical (unpaired) electrons. The topological polar surface area (TPSA) is 81.8 Å². The molecule has 0 fully saturated rings. The molecule has 2 aromatic rings. The lowest BCUT2D eigenvalue weighted by molar-refractivity contribution is -0.126. The maximum atomic E-state index is 13.6. The first-order valence-corrected chi connectivity index (χ1v) is 11.3. The van der Waals surface area contributed by atoms with Crippen LogP contribution in [0.3, 0.4) is 0 Å². The quantitative estimate of drug-likeness (QED) is 0.716. The normalized spacial score (nSPS) is 16.3. The van der Waals surface area contributed by atoms with Gasteiger partial charge in [0, 0.05) is 17.6 Å². The Morgan fingerprint density at radius 2 is 1.73 bits per heavy atom. The summed E-state index contributed by atoms with van der Waals surface area (Å²) in [4.78, 5) is 43.2. The number of nitrogens with one attached hydrogen (secondary N) is 2. The van der Waals surface area contributed by atoms with Crippen molar-refractivity contribution < 1.29 is 14.4 Å². The number of rotatable bonds is 4. The van der Waals surface area contributed by atoms with Gasteiger partial charge in [-0.05, 0) is 42.7 Å². The summed E-state index contributed by atoms with van der Waals surface area (Å²) in [6.45, 7) is 12.1. The molecule has 0 aromatic heterocycles. The summed E-state index contributed by atoms with van der Waals surface area (Å²) in [6.07, 6.45) is 0. The number of hydrogen-bond acceptors (Lipinski definition) is 3. The summed E-state index contributed by atoms with van der Waals surface area (Å²) >= 11 is 0. The van der Waals surface area contributed by atoms with Gasteiger partial charge in [0.05, 0.1) is 17.9 Å². The molecule has 3 rings (SSSR count). The lowest BCUT2D eigenvalue weighted by Crippen LogP contribution is -2.55. The van der Waals surface area contributed by atoms with E-state index >= 15 is 0 Å². The number of anilines is 3. The number of para-hydroxylation sites is 2. The van der Waals surface area contributed by atoms with Crippen LogP contribution >= 0.6 is 0 Å². The largest absolute Gasteiger partial charge is 0.324 e. The first kappa shape index (κ1) is 24.3. The van der Waals surface area contributed by atoms with Crippen LogP contribution in [0.5, 0.6) is 0 Å². The molecule has 0 bridgehead atoms. The first-order valence-electron chi connectivity index (χ1n) is 11.3. The number of urea groups is 1. The van der Waals surface area contributed by atoms with Crippen molar-refractivity contribution >= 4 is 34.9 Å².